The lowest BCUT2D eigenvalue weighted by Crippen LogP contribution is -2.71. The Morgan fingerprint density at radius 1 is 0.860 bits per heavy atom. The minimum absolute atomic E-state index is 0.0200. The Kier molecular flexibility index (Phi) is 13.9. The molecule has 2 aliphatic heterocycles. The van der Waals surface area contributed by atoms with E-state index in [1.165, 1.54) is 14.2 Å². The first-order valence-electron chi connectivity index (χ1n) is 21.0. The zero-order valence-corrected chi connectivity index (χ0v) is 35.3. The number of hydrogen-bond acceptors (Lipinski definition) is 15. The van der Waals surface area contributed by atoms with Crippen LogP contribution in [-0.4, -0.2) is 155 Å². The van der Waals surface area contributed by atoms with Gasteiger partial charge in [0.25, 0.3) is 0 Å². The molecule has 17 heteroatoms. The van der Waals surface area contributed by atoms with Gasteiger partial charge >= 0.3 is 10.4 Å². The van der Waals surface area contributed by atoms with Gasteiger partial charge in [-0.15, -0.1) is 0 Å². The molecule has 0 spiro atoms. The van der Waals surface area contributed by atoms with Gasteiger partial charge in [-0.2, -0.15) is 8.42 Å². The fourth-order valence-electron chi connectivity index (χ4n) is 13.2. The van der Waals surface area contributed by atoms with E-state index in [1.807, 2.05) is 20.8 Å². The number of aliphatic hydroxyl groups excluding tert-OH is 6. The van der Waals surface area contributed by atoms with Crippen molar-refractivity contribution in [2.75, 3.05) is 27.4 Å². The highest BCUT2D eigenvalue weighted by Gasteiger charge is 2.72. The number of fused-ring (bicyclic) bond motifs is 5. The molecule has 0 amide bonds. The predicted molar refractivity (Wildman–Crippen MR) is 203 cm³/mol. The topological polar surface area (TPSA) is 251 Å². The van der Waals surface area contributed by atoms with Crippen molar-refractivity contribution in [1.82, 2.24) is 0 Å². The highest BCUT2D eigenvalue weighted by Crippen LogP contribution is 2.70. The molecule has 57 heavy (non-hydrogen) atoms. The first kappa shape index (κ1) is 45.9. The van der Waals surface area contributed by atoms with Crippen LogP contribution in [0.15, 0.2) is 0 Å². The van der Waals surface area contributed by atoms with Gasteiger partial charge in [0.2, 0.25) is 0 Å². The molecule has 0 aromatic carbocycles. The number of ether oxygens (including phenoxy) is 5. The first-order chi connectivity index (χ1) is 26.6. The van der Waals surface area contributed by atoms with E-state index in [4.69, 9.17) is 27.9 Å². The van der Waals surface area contributed by atoms with E-state index < -0.39 is 124 Å². The maximum absolute atomic E-state index is 12.9. The van der Waals surface area contributed by atoms with E-state index in [2.05, 4.69) is 13.8 Å². The molecule has 2 saturated heterocycles. The van der Waals surface area contributed by atoms with Crippen molar-refractivity contribution < 1.29 is 76.6 Å². The van der Waals surface area contributed by atoms with Gasteiger partial charge in [-0.05, 0) is 85.9 Å². The van der Waals surface area contributed by atoms with Crippen molar-refractivity contribution in [2.45, 2.75) is 171 Å². The maximum Gasteiger partial charge on any atom is 0.397 e. The molecule has 16 nitrogen and oxygen atoms in total. The summed E-state index contributed by atoms with van der Waals surface area (Å²) >= 11 is 0. The van der Waals surface area contributed by atoms with Crippen LogP contribution in [0.4, 0.5) is 0 Å². The largest absolute Gasteiger partial charge is 0.397 e. The van der Waals surface area contributed by atoms with Crippen molar-refractivity contribution in [1.29, 1.82) is 0 Å². The first-order valence-corrected chi connectivity index (χ1v) is 22.4. The Bertz CT molecular complexity index is 1470. The molecule has 21 unspecified atom stereocenters. The maximum atomic E-state index is 12.9. The van der Waals surface area contributed by atoms with Crippen molar-refractivity contribution in [3.05, 3.63) is 0 Å². The third kappa shape index (κ3) is 8.36. The van der Waals surface area contributed by atoms with Crippen LogP contribution in [0.5, 0.6) is 0 Å². The molecule has 4 saturated carbocycles. The second-order valence-corrected chi connectivity index (χ2v) is 20.3. The Hall–Kier alpha value is -0.610. The minimum Gasteiger partial charge on any atom is -0.394 e. The molecule has 8 N–H and O–H groups in total. The van der Waals surface area contributed by atoms with Crippen molar-refractivity contribution in [3.8, 4) is 0 Å². The van der Waals surface area contributed by atoms with Crippen LogP contribution in [-0.2, 0) is 38.3 Å². The molecule has 6 fully saturated rings. The summed E-state index contributed by atoms with van der Waals surface area (Å²) in [5, 5.41) is 78.8. The number of rotatable bonds is 14. The molecule has 0 aromatic rings. The van der Waals surface area contributed by atoms with E-state index >= 15 is 0 Å². The number of methoxy groups -OCH3 is 2. The Labute approximate surface area is 337 Å². The summed E-state index contributed by atoms with van der Waals surface area (Å²) in [4.78, 5) is 0. The monoisotopic (exact) mass is 838 g/mol. The molecule has 6 aliphatic rings. The van der Waals surface area contributed by atoms with Gasteiger partial charge in [-0.25, -0.2) is 4.18 Å². The second-order valence-electron chi connectivity index (χ2n) is 19.3. The summed E-state index contributed by atoms with van der Waals surface area (Å²) in [6.07, 6.45) is -6.86. The van der Waals surface area contributed by atoms with Crippen molar-refractivity contribution in [3.63, 3.8) is 0 Å². The molecule has 332 valence electrons. The summed E-state index contributed by atoms with van der Waals surface area (Å²) in [7, 11) is -2.01. The van der Waals surface area contributed by atoms with Crippen LogP contribution in [0.1, 0.15) is 92.4 Å². The van der Waals surface area contributed by atoms with E-state index in [0.717, 1.165) is 0 Å². The van der Waals surface area contributed by atoms with Gasteiger partial charge in [-0.1, -0.05) is 34.6 Å². The third-order valence-corrected chi connectivity index (χ3v) is 16.5. The molecule has 0 bridgehead atoms. The zero-order valence-electron chi connectivity index (χ0n) is 34.5. The van der Waals surface area contributed by atoms with E-state index in [0.29, 0.717) is 38.5 Å². The van der Waals surface area contributed by atoms with E-state index in [1.54, 1.807) is 0 Å². The number of hydrogen-bond donors (Lipinski definition) is 8. The second kappa shape index (κ2) is 17.3. The van der Waals surface area contributed by atoms with E-state index in [-0.39, 0.29) is 49.7 Å². The minimum atomic E-state index is -4.98. The van der Waals surface area contributed by atoms with Crippen LogP contribution in [0.25, 0.3) is 0 Å². The van der Waals surface area contributed by atoms with Crippen LogP contribution in [0.3, 0.4) is 0 Å². The lowest BCUT2D eigenvalue weighted by atomic mass is 9.41. The van der Waals surface area contributed by atoms with Gasteiger partial charge in [0.15, 0.2) is 6.29 Å². The average Bonchev–Trinajstić information content (AvgIpc) is 3.58. The Balaban J connectivity index is 1.17. The predicted octanol–water partition coefficient (Wildman–Crippen LogP) is 1.19. The molecule has 0 radical (unpaired) electrons. The summed E-state index contributed by atoms with van der Waals surface area (Å²) in [6.45, 7) is 9.97. The summed E-state index contributed by atoms with van der Waals surface area (Å²) in [5.41, 5.74) is -2.95. The summed E-state index contributed by atoms with van der Waals surface area (Å²) < 4.78 is 69.0. The quantitative estimate of drug-likeness (QED) is 0.114. The fraction of sp³-hybridized carbons (Fsp3) is 1.00. The van der Waals surface area contributed by atoms with Crippen molar-refractivity contribution in [2.24, 2.45) is 52.3 Å². The molecular formula is C40H70O16S. The molecule has 0 aromatic heterocycles. The normalized spacial score (nSPS) is 50.0. The van der Waals surface area contributed by atoms with Gasteiger partial charge in [0, 0.05) is 38.4 Å². The SMILES string of the molecule is COC1COC(CC2C(OC(CCC(C)C3CC(O)C4C3(C)CCC3C5(C)CCC(O)C(O)C5C(OS(=O)(=O)O)CC34O)C(C)C)OC(CO)C2O)C(OC)C1O. The standard InChI is InChI=1S/C40H70O16S/c1-19(2)25(54-37-21(32(44)28(17-41)55-37)14-26-35(52-7)34(46)29(51-6)18-53-26)9-8-20(3)22-15-24(43)36-38(22,4)13-11-30-39(5)12-10-23(42)33(45)31(39)27(16-40(30,36)47)56-57(48,49)50/h19-37,41-47H,8-18H2,1-7H3,(H,48,49,50). The van der Waals surface area contributed by atoms with Gasteiger partial charge < -0.3 is 59.4 Å². The smallest absolute Gasteiger partial charge is 0.394 e. The average molecular weight is 839 g/mol. The van der Waals surface area contributed by atoms with Crippen LogP contribution >= 0.6 is 0 Å². The van der Waals surface area contributed by atoms with Crippen molar-refractivity contribution >= 4 is 10.4 Å². The highest BCUT2D eigenvalue weighted by molar-refractivity contribution is 7.80. The summed E-state index contributed by atoms with van der Waals surface area (Å²) in [5.74, 6) is -2.41. The highest BCUT2D eigenvalue weighted by atomic mass is 32.3. The lowest BCUT2D eigenvalue weighted by Gasteiger charge is -2.66. The summed E-state index contributed by atoms with van der Waals surface area (Å²) in [6, 6.07) is 0. The molecule has 6 rings (SSSR count). The zero-order chi connectivity index (χ0) is 42.0. The van der Waals surface area contributed by atoms with Gasteiger partial charge in [0.1, 0.15) is 24.4 Å². The van der Waals surface area contributed by atoms with Crippen LogP contribution in [0.2, 0.25) is 0 Å². The lowest BCUT2D eigenvalue weighted by molar-refractivity contribution is -0.276. The van der Waals surface area contributed by atoms with Gasteiger partial charge in [-0.3, -0.25) is 4.55 Å². The van der Waals surface area contributed by atoms with Crippen LogP contribution in [0, 0.1) is 52.3 Å². The van der Waals surface area contributed by atoms with Gasteiger partial charge in [0.05, 0.1) is 61.5 Å². The molecule has 21 atom stereocenters. The fourth-order valence-corrected chi connectivity index (χ4v) is 13.7. The Morgan fingerprint density at radius 3 is 2.16 bits per heavy atom. The van der Waals surface area contributed by atoms with Crippen LogP contribution < -0.4 is 0 Å². The van der Waals surface area contributed by atoms with E-state index in [9.17, 15) is 48.7 Å². The molecule has 2 heterocycles. The molecular weight excluding hydrogens is 768 g/mol. The number of aliphatic hydroxyl groups is 7. The molecule has 4 aliphatic carbocycles. The third-order valence-electron chi connectivity index (χ3n) is 16.0. The Morgan fingerprint density at radius 2 is 1.54 bits per heavy atom.